The summed E-state index contributed by atoms with van der Waals surface area (Å²) < 4.78 is 0. The lowest BCUT2D eigenvalue weighted by atomic mass is 10.8. The van der Waals surface area contributed by atoms with Gasteiger partial charge < -0.3 is 10.8 Å². The third kappa shape index (κ3) is 1.72. The quantitative estimate of drug-likeness (QED) is 0.423. The number of nitrogens with two attached hydrogens (primary N) is 1. The van der Waals surface area contributed by atoms with Gasteiger partial charge in [-0.25, -0.2) is 0 Å². The van der Waals surface area contributed by atoms with E-state index in [-0.39, 0.29) is 0 Å². The van der Waals surface area contributed by atoms with Crippen LogP contribution in [0.25, 0.3) is 0 Å². The van der Waals surface area contributed by atoms with E-state index >= 15 is 0 Å². The minimum atomic E-state index is -0.963. The first-order valence-electron chi connectivity index (χ1n) is 1.63. The molecule has 0 aromatic heterocycles. The average molecular weight is 90.1 g/mol. The Morgan fingerprint density at radius 3 is 2.17 bits per heavy atom. The molecule has 0 aromatic carbocycles. The standard InChI is InChI=1S/C3H7NO2/c1-2(4)3(5)6/h2H,4H2,1H3,(H,5,6)/t2-/m0/s1/i2+1. The van der Waals surface area contributed by atoms with Crippen LogP contribution in [0.3, 0.4) is 0 Å². The van der Waals surface area contributed by atoms with Crippen molar-refractivity contribution in [1.29, 1.82) is 0 Å². The van der Waals surface area contributed by atoms with Crippen molar-refractivity contribution < 1.29 is 9.90 Å². The van der Waals surface area contributed by atoms with E-state index in [4.69, 9.17) is 10.8 Å². The van der Waals surface area contributed by atoms with Gasteiger partial charge in [0.1, 0.15) is 6.04 Å². The Bertz CT molecular complexity index is 59.8. The van der Waals surface area contributed by atoms with Crippen LogP contribution < -0.4 is 5.73 Å². The molecular weight excluding hydrogens is 83.0 g/mol. The predicted molar refractivity (Wildman–Crippen MR) is 21.3 cm³/mol. The van der Waals surface area contributed by atoms with Crippen molar-refractivity contribution >= 4 is 5.97 Å². The van der Waals surface area contributed by atoms with Gasteiger partial charge in [-0.2, -0.15) is 0 Å². The van der Waals surface area contributed by atoms with Gasteiger partial charge in [0, 0.05) is 0 Å². The Morgan fingerprint density at radius 2 is 2.17 bits per heavy atom. The highest BCUT2D eigenvalue weighted by atomic mass is 16.4. The molecule has 36 valence electrons. The molecule has 0 amide bonds. The van der Waals surface area contributed by atoms with Crippen LogP contribution in [0.4, 0.5) is 0 Å². The van der Waals surface area contributed by atoms with Gasteiger partial charge in [-0.3, -0.25) is 4.79 Å². The van der Waals surface area contributed by atoms with E-state index in [9.17, 15) is 4.79 Å². The number of rotatable bonds is 1. The van der Waals surface area contributed by atoms with Crippen molar-refractivity contribution in [2.24, 2.45) is 5.73 Å². The van der Waals surface area contributed by atoms with E-state index in [0.717, 1.165) is 0 Å². The zero-order valence-corrected chi connectivity index (χ0v) is 3.51. The molecule has 0 spiro atoms. The number of carbonyl (C=O) groups is 1. The molecule has 0 saturated carbocycles. The van der Waals surface area contributed by atoms with Crippen molar-refractivity contribution in [3.05, 3.63) is 0 Å². The maximum absolute atomic E-state index is 9.57. The fourth-order valence-corrected chi connectivity index (χ4v) is 0. The second-order valence-corrected chi connectivity index (χ2v) is 1.13. The summed E-state index contributed by atoms with van der Waals surface area (Å²) >= 11 is 0. The molecule has 6 heavy (non-hydrogen) atoms. The first-order chi connectivity index (χ1) is 2.64. The Hall–Kier alpha value is -0.570. The maximum Gasteiger partial charge on any atom is 0.320 e. The lowest BCUT2D eigenvalue weighted by molar-refractivity contribution is -0.138. The molecule has 0 aliphatic rings. The van der Waals surface area contributed by atoms with Gasteiger partial charge in [0.05, 0.1) is 0 Å². The summed E-state index contributed by atoms with van der Waals surface area (Å²) in [7, 11) is 0. The summed E-state index contributed by atoms with van der Waals surface area (Å²) in [6.07, 6.45) is 0. The van der Waals surface area contributed by atoms with Crippen LogP contribution >= 0.6 is 0 Å². The van der Waals surface area contributed by atoms with Gasteiger partial charge >= 0.3 is 5.97 Å². The summed E-state index contributed by atoms with van der Waals surface area (Å²) in [5.41, 5.74) is 4.84. The highest BCUT2D eigenvalue weighted by Gasteiger charge is 1.99. The monoisotopic (exact) mass is 90.1 g/mol. The molecule has 3 heteroatoms. The molecule has 0 saturated heterocycles. The van der Waals surface area contributed by atoms with Crippen molar-refractivity contribution in [2.75, 3.05) is 0 Å². The third-order valence-corrected chi connectivity index (χ3v) is 0.390. The van der Waals surface area contributed by atoms with Gasteiger partial charge in [0.2, 0.25) is 0 Å². The molecule has 3 nitrogen and oxygen atoms in total. The topological polar surface area (TPSA) is 63.3 Å². The predicted octanol–water partition coefficient (Wildman–Crippen LogP) is -0.582. The van der Waals surface area contributed by atoms with Crippen molar-refractivity contribution in [2.45, 2.75) is 13.0 Å². The van der Waals surface area contributed by atoms with Crippen LogP contribution in [-0.2, 0) is 4.79 Å². The van der Waals surface area contributed by atoms with Gasteiger partial charge in [0.25, 0.3) is 0 Å². The summed E-state index contributed by atoms with van der Waals surface area (Å²) in [4.78, 5) is 9.57. The Balaban J connectivity index is 3.26. The molecule has 0 radical (unpaired) electrons. The molecule has 0 aliphatic carbocycles. The Morgan fingerprint density at radius 1 is 2.00 bits per heavy atom. The first kappa shape index (κ1) is 5.43. The number of hydrogen-bond donors (Lipinski definition) is 2. The molecule has 0 heterocycles. The molecule has 0 aromatic rings. The third-order valence-electron chi connectivity index (χ3n) is 0.390. The lowest BCUT2D eigenvalue weighted by Crippen LogP contribution is -2.25. The van der Waals surface area contributed by atoms with Gasteiger partial charge in [-0.1, -0.05) is 0 Å². The zero-order chi connectivity index (χ0) is 5.15. The largest absolute Gasteiger partial charge is 0.480 e. The summed E-state index contributed by atoms with van der Waals surface area (Å²) in [6.45, 7) is 1.42. The van der Waals surface area contributed by atoms with E-state index in [2.05, 4.69) is 0 Å². The van der Waals surface area contributed by atoms with Crippen LogP contribution in [0.2, 0.25) is 0 Å². The minimum Gasteiger partial charge on any atom is -0.480 e. The van der Waals surface area contributed by atoms with Crippen molar-refractivity contribution in [3.63, 3.8) is 0 Å². The van der Waals surface area contributed by atoms with Crippen LogP contribution in [0.5, 0.6) is 0 Å². The summed E-state index contributed by atoms with van der Waals surface area (Å²) in [6, 6.07) is -0.731. The number of carboxylic acids is 1. The molecule has 0 bridgehead atoms. The second-order valence-electron chi connectivity index (χ2n) is 1.13. The molecule has 0 unspecified atom stereocenters. The fraction of sp³-hybridized carbons (Fsp3) is 0.667. The van der Waals surface area contributed by atoms with Gasteiger partial charge in [-0.05, 0) is 6.92 Å². The molecule has 0 rings (SSSR count). The molecule has 3 N–H and O–H groups in total. The smallest absolute Gasteiger partial charge is 0.320 e. The summed E-state index contributed by atoms with van der Waals surface area (Å²) in [5.74, 6) is -0.963. The first-order valence-corrected chi connectivity index (χ1v) is 1.63. The van der Waals surface area contributed by atoms with Crippen LogP contribution in [0.1, 0.15) is 6.92 Å². The van der Waals surface area contributed by atoms with Crippen molar-refractivity contribution in [3.8, 4) is 0 Å². The molecule has 0 fully saturated rings. The van der Waals surface area contributed by atoms with E-state index in [1.807, 2.05) is 0 Å². The van der Waals surface area contributed by atoms with Gasteiger partial charge in [-0.15, -0.1) is 0 Å². The number of aliphatic carboxylic acids is 1. The van der Waals surface area contributed by atoms with E-state index in [1.54, 1.807) is 0 Å². The van der Waals surface area contributed by atoms with Crippen LogP contribution in [0, 0.1) is 0 Å². The zero-order valence-electron chi connectivity index (χ0n) is 3.51. The average Bonchev–Trinajstić information content (AvgIpc) is 1.36. The highest BCUT2D eigenvalue weighted by Crippen LogP contribution is 1.68. The molecule has 1 atom stereocenters. The highest BCUT2D eigenvalue weighted by molar-refractivity contribution is 5.72. The Kier molecular flexibility index (Phi) is 1.60. The lowest BCUT2D eigenvalue weighted by Gasteiger charge is -1.90. The SMILES string of the molecule is C[13C@H](N)C(=O)O. The second kappa shape index (κ2) is 1.77. The Labute approximate surface area is 35.8 Å². The number of carboxylic acid groups (broad SMARTS) is 1. The normalized spacial score (nSPS) is 13.7. The van der Waals surface area contributed by atoms with Crippen LogP contribution in [0.15, 0.2) is 0 Å². The summed E-state index contributed by atoms with van der Waals surface area (Å²) in [5, 5.41) is 7.87. The fourth-order valence-electron chi connectivity index (χ4n) is 0. The van der Waals surface area contributed by atoms with E-state index in [1.165, 1.54) is 6.92 Å². The molecular formula is C3H7NO2. The van der Waals surface area contributed by atoms with Gasteiger partial charge in [0.15, 0.2) is 0 Å². The van der Waals surface area contributed by atoms with Crippen molar-refractivity contribution in [1.82, 2.24) is 0 Å². The van der Waals surface area contributed by atoms with Crippen LogP contribution in [-0.4, -0.2) is 17.1 Å². The number of hydrogen-bond acceptors (Lipinski definition) is 2. The molecule has 0 aliphatic heterocycles. The van der Waals surface area contributed by atoms with E-state index in [0.29, 0.717) is 0 Å². The minimum absolute atomic E-state index is 0.731. The van der Waals surface area contributed by atoms with E-state index < -0.39 is 12.0 Å². The maximum atomic E-state index is 9.57.